The van der Waals surface area contributed by atoms with Crippen LogP contribution in [0.2, 0.25) is 0 Å². The lowest BCUT2D eigenvalue weighted by Crippen LogP contribution is -2.34. The fraction of sp³-hybridized carbons (Fsp3) is 0.909. The summed E-state index contributed by atoms with van der Waals surface area (Å²) >= 11 is 0. The van der Waals surface area contributed by atoms with Crippen molar-refractivity contribution in [2.45, 2.75) is 12.8 Å². The van der Waals surface area contributed by atoms with Gasteiger partial charge in [-0.25, -0.2) is 0 Å². The molecule has 5 heteroatoms. The van der Waals surface area contributed by atoms with E-state index in [1.165, 1.54) is 12.8 Å². The van der Waals surface area contributed by atoms with E-state index in [-0.39, 0.29) is 12.5 Å². The van der Waals surface area contributed by atoms with Crippen molar-refractivity contribution in [3.63, 3.8) is 0 Å². The van der Waals surface area contributed by atoms with Crippen molar-refractivity contribution in [3.8, 4) is 0 Å². The zero-order chi connectivity index (χ0) is 11.6. The van der Waals surface area contributed by atoms with E-state index in [1.54, 1.807) is 7.11 Å². The van der Waals surface area contributed by atoms with E-state index in [0.717, 1.165) is 13.1 Å². The first-order valence-electron chi connectivity index (χ1n) is 5.87. The lowest BCUT2D eigenvalue weighted by atomic mass is 10.0. The Morgan fingerprint density at radius 3 is 3.12 bits per heavy atom. The molecule has 0 aliphatic carbocycles. The average Bonchev–Trinajstić information content (AvgIpc) is 2.31. The SMILES string of the molecule is COCCNC(=O)COCC1CCCNC1. The number of carbonyl (C=O) groups is 1. The number of ether oxygens (including phenoxy) is 2. The number of carbonyl (C=O) groups excluding carboxylic acids is 1. The molecule has 94 valence electrons. The molecule has 5 nitrogen and oxygen atoms in total. The molecular weight excluding hydrogens is 208 g/mol. The van der Waals surface area contributed by atoms with Crippen LogP contribution in [0.15, 0.2) is 0 Å². The first kappa shape index (κ1) is 13.4. The number of hydrogen-bond donors (Lipinski definition) is 2. The van der Waals surface area contributed by atoms with Gasteiger partial charge in [0.05, 0.1) is 13.2 Å². The molecule has 1 aliphatic rings. The van der Waals surface area contributed by atoms with E-state index in [0.29, 0.717) is 25.7 Å². The van der Waals surface area contributed by atoms with Crippen LogP contribution < -0.4 is 10.6 Å². The smallest absolute Gasteiger partial charge is 0.246 e. The second-order valence-corrected chi connectivity index (χ2v) is 4.07. The van der Waals surface area contributed by atoms with Crippen LogP contribution in [-0.2, 0) is 14.3 Å². The molecule has 0 aromatic carbocycles. The lowest BCUT2D eigenvalue weighted by molar-refractivity contribution is -0.126. The summed E-state index contributed by atoms with van der Waals surface area (Å²) in [6, 6.07) is 0. The number of piperidine rings is 1. The highest BCUT2D eigenvalue weighted by Crippen LogP contribution is 2.09. The highest BCUT2D eigenvalue weighted by molar-refractivity contribution is 5.77. The van der Waals surface area contributed by atoms with Crippen molar-refractivity contribution in [1.82, 2.24) is 10.6 Å². The molecule has 1 heterocycles. The Bertz CT molecular complexity index is 194. The maximum absolute atomic E-state index is 11.3. The summed E-state index contributed by atoms with van der Waals surface area (Å²) in [7, 11) is 1.61. The topological polar surface area (TPSA) is 59.6 Å². The van der Waals surface area contributed by atoms with Gasteiger partial charge < -0.3 is 20.1 Å². The predicted molar refractivity (Wildman–Crippen MR) is 61.3 cm³/mol. The van der Waals surface area contributed by atoms with Crippen LogP contribution in [0.4, 0.5) is 0 Å². The van der Waals surface area contributed by atoms with Gasteiger partial charge in [0, 0.05) is 20.2 Å². The Labute approximate surface area is 96.9 Å². The van der Waals surface area contributed by atoms with Crippen molar-refractivity contribution in [1.29, 1.82) is 0 Å². The standard InChI is InChI=1S/C11H22N2O3/c1-15-6-5-13-11(14)9-16-8-10-3-2-4-12-7-10/h10,12H,2-9H2,1H3,(H,13,14). The van der Waals surface area contributed by atoms with Gasteiger partial charge in [0.15, 0.2) is 0 Å². The Balaban J connectivity index is 1.94. The summed E-state index contributed by atoms with van der Waals surface area (Å²) < 4.78 is 10.2. The molecule has 1 fully saturated rings. The molecule has 0 saturated carbocycles. The molecular formula is C11H22N2O3. The minimum Gasteiger partial charge on any atom is -0.383 e. The largest absolute Gasteiger partial charge is 0.383 e. The van der Waals surface area contributed by atoms with Gasteiger partial charge in [-0.1, -0.05) is 0 Å². The summed E-state index contributed by atoms with van der Waals surface area (Å²) in [4.78, 5) is 11.3. The molecule has 0 aromatic rings. The molecule has 1 rings (SSSR count). The van der Waals surface area contributed by atoms with Crippen LogP contribution in [0.3, 0.4) is 0 Å². The Morgan fingerprint density at radius 1 is 1.56 bits per heavy atom. The number of rotatable bonds is 7. The van der Waals surface area contributed by atoms with E-state index in [4.69, 9.17) is 9.47 Å². The fourth-order valence-corrected chi connectivity index (χ4v) is 1.73. The Kier molecular flexibility index (Phi) is 7.12. The van der Waals surface area contributed by atoms with Crippen LogP contribution in [0.5, 0.6) is 0 Å². The Hall–Kier alpha value is -0.650. The van der Waals surface area contributed by atoms with Gasteiger partial charge >= 0.3 is 0 Å². The summed E-state index contributed by atoms with van der Waals surface area (Å²) in [5.41, 5.74) is 0. The number of hydrogen-bond acceptors (Lipinski definition) is 4. The molecule has 1 saturated heterocycles. The third-order valence-corrected chi connectivity index (χ3v) is 2.61. The normalized spacial score (nSPS) is 20.7. The minimum absolute atomic E-state index is 0.0687. The molecule has 0 aromatic heterocycles. The van der Waals surface area contributed by atoms with Gasteiger partial charge in [-0.2, -0.15) is 0 Å². The average molecular weight is 230 g/mol. The maximum atomic E-state index is 11.3. The summed E-state index contributed by atoms with van der Waals surface area (Å²) in [6.45, 7) is 4.02. The fourth-order valence-electron chi connectivity index (χ4n) is 1.73. The van der Waals surface area contributed by atoms with Crippen molar-refractivity contribution in [3.05, 3.63) is 0 Å². The van der Waals surface area contributed by atoms with E-state index in [9.17, 15) is 4.79 Å². The summed E-state index contributed by atoms with van der Waals surface area (Å²) in [6.07, 6.45) is 2.40. The second-order valence-electron chi connectivity index (χ2n) is 4.07. The lowest BCUT2D eigenvalue weighted by Gasteiger charge is -2.22. The maximum Gasteiger partial charge on any atom is 0.246 e. The third-order valence-electron chi connectivity index (χ3n) is 2.61. The van der Waals surface area contributed by atoms with Gasteiger partial charge in [-0.05, 0) is 25.3 Å². The van der Waals surface area contributed by atoms with Gasteiger partial charge in [0.1, 0.15) is 6.61 Å². The molecule has 1 unspecified atom stereocenters. The van der Waals surface area contributed by atoms with Crippen molar-refractivity contribution in [2.24, 2.45) is 5.92 Å². The molecule has 16 heavy (non-hydrogen) atoms. The second kappa shape index (κ2) is 8.50. The quantitative estimate of drug-likeness (QED) is 0.593. The van der Waals surface area contributed by atoms with Gasteiger partial charge in [0.25, 0.3) is 0 Å². The number of nitrogens with one attached hydrogen (secondary N) is 2. The summed E-state index contributed by atoms with van der Waals surface area (Å²) in [5.74, 6) is 0.487. The minimum atomic E-state index is -0.0687. The third kappa shape index (κ3) is 6.05. The van der Waals surface area contributed by atoms with E-state index in [2.05, 4.69) is 10.6 Å². The van der Waals surface area contributed by atoms with Crippen molar-refractivity contribution in [2.75, 3.05) is 46.6 Å². The van der Waals surface area contributed by atoms with Crippen molar-refractivity contribution < 1.29 is 14.3 Å². The monoisotopic (exact) mass is 230 g/mol. The summed E-state index contributed by atoms with van der Waals surface area (Å²) in [5, 5.41) is 6.03. The molecule has 2 N–H and O–H groups in total. The zero-order valence-electron chi connectivity index (χ0n) is 9.96. The van der Waals surface area contributed by atoms with Crippen LogP contribution in [0, 0.1) is 5.92 Å². The van der Waals surface area contributed by atoms with Gasteiger partial charge in [-0.15, -0.1) is 0 Å². The van der Waals surface area contributed by atoms with Crippen LogP contribution in [0.25, 0.3) is 0 Å². The number of amides is 1. The van der Waals surface area contributed by atoms with Crippen molar-refractivity contribution >= 4 is 5.91 Å². The predicted octanol–water partition coefficient (Wildman–Crippen LogP) is -0.235. The van der Waals surface area contributed by atoms with E-state index < -0.39 is 0 Å². The highest BCUT2D eigenvalue weighted by atomic mass is 16.5. The molecule has 0 bridgehead atoms. The Morgan fingerprint density at radius 2 is 2.44 bits per heavy atom. The first-order valence-corrected chi connectivity index (χ1v) is 5.87. The molecule has 1 aliphatic heterocycles. The highest BCUT2D eigenvalue weighted by Gasteiger charge is 2.13. The molecule has 1 amide bonds. The number of methoxy groups -OCH3 is 1. The van der Waals surface area contributed by atoms with Gasteiger partial charge in [-0.3, -0.25) is 4.79 Å². The molecule has 1 atom stereocenters. The molecule has 0 spiro atoms. The van der Waals surface area contributed by atoms with Crippen LogP contribution in [0.1, 0.15) is 12.8 Å². The van der Waals surface area contributed by atoms with E-state index >= 15 is 0 Å². The van der Waals surface area contributed by atoms with E-state index in [1.807, 2.05) is 0 Å². The zero-order valence-corrected chi connectivity index (χ0v) is 9.96. The van der Waals surface area contributed by atoms with Crippen LogP contribution >= 0.6 is 0 Å². The molecule has 0 radical (unpaired) electrons. The van der Waals surface area contributed by atoms with Crippen LogP contribution in [-0.4, -0.2) is 52.5 Å². The van der Waals surface area contributed by atoms with Gasteiger partial charge in [0.2, 0.25) is 5.91 Å². The first-order chi connectivity index (χ1) is 7.83.